The van der Waals surface area contributed by atoms with E-state index in [1.165, 1.54) is 0 Å². The number of ether oxygens (including phenoxy) is 2. The predicted molar refractivity (Wildman–Crippen MR) is 68.8 cm³/mol. The Labute approximate surface area is 106 Å². The number of pyridine rings is 1. The van der Waals surface area contributed by atoms with E-state index < -0.39 is 0 Å². The molecule has 18 heavy (non-hydrogen) atoms. The molecule has 2 aromatic rings. The zero-order valence-electron chi connectivity index (χ0n) is 10.6. The first-order valence-corrected chi connectivity index (χ1v) is 5.69. The molecule has 0 aliphatic rings. The van der Waals surface area contributed by atoms with Crippen LogP contribution in [0.3, 0.4) is 0 Å². The van der Waals surface area contributed by atoms with Gasteiger partial charge in [0.2, 0.25) is 0 Å². The van der Waals surface area contributed by atoms with Crippen LogP contribution < -0.4 is 15.2 Å². The van der Waals surface area contributed by atoms with E-state index in [1.54, 1.807) is 26.5 Å². The number of hydrogen-bond acceptors (Lipinski definition) is 4. The van der Waals surface area contributed by atoms with E-state index in [2.05, 4.69) is 4.98 Å². The van der Waals surface area contributed by atoms with Crippen molar-refractivity contribution in [2.45, 2.75) is 13.1 Å². The fourth-order valence-corrected chi connectivity index (χ4v) is 1.85. The molecule has 2 N–H and O–H groups in total. The Morgan fingerprint density at radius 3 is 2.72 bits per heavy atom. The summed E-state index contributed by atoms with van der Waals surface area (Å²) in [6.07, 6.45) is 5.69. The minimum atomic E-state index is 0.537. The van der Waals surface area contributed by atoms with Crippen LogP contribution in [-0.4, -0.2) is 23.8 Å². The molecule has 0 radical (unpaired) electrons. The molecule has 2 aromatic heterocycles. The predicted octanol–water partition coefficient (Wildman–Crippen LogP) is 1.41. The Balaban J connectivity index is 2.28. The van der Waals surface area contributed by atoms with Crippen LogP contribution in [0.15, 0.2) is 30.7 Å². The number of nitrogens with two attached hydrogens (primary N) is 1. The van der Waals surface area contributed by atoms with Gasteiger partial charge in [-0.2, -0.15) is 0 Å². The highest BCUT2D eigenvalue weighted by atomic mass is 16.5. The molecule has 0 aromatic carbocycles. The highest BCUT2D eigenvalue weighted by Gasteiger charge is 2.11. The van der Waals surface area contributed by atoms with Gasteiger partial charge in [-0.1, -0.05) is 0 Å². The largest absolute Gasteiger partial charge is 0.493 e. The second-order valence-electron chi connectivity index (χ2n) is 3.89. The minimum absolute atomic E-state index is 0.537. The molecule has 0 amide bonds. The molecule has 5 nitrogen and oxygen atoms in total. The molecular weight excluding hydrogens is 230 g/mol. The molecular formula is C13H17N3O2. The van der Waals surface area contributed by atoms with Crippen LogP contribution in [0.4, 0.5) is 0 Å². The third-order valence-electron chi connectivity index (χ3n) is 2.75. The number of nitrogens with zero attached hydrogens (tertiary/aromatic N) is 2. The molecule has 96 valence electrons. The molecule has 0 aliphatic heterocycles. The van der Waals surface area contributed by atoms with Crippen molar-refractivity contribution in [1.29, 1.82) is 0 Å². The van der Waals surface area contributed by atoms with Crippen molar-refractivity contribution in [3.8, 4) is 11.5 Å². The molecule has 0 bridgehead atoms. The number of hydrogen-bond donors (Lipinski definition) is 1. The highest BCUT2D eigenvalue weighted by molar-refractivity contribution is 5.42. The summed E-state index contributed by atoms with van der Waals surface area (Å²) in [5.41, 5.74) is 7.51. The van der Waals surface area contributed by atoms with Crippen molar-refractivity contribution in [3.63, 3.8) is 0 Å². The smallest absolute Gasteiger partial charge is 0.184 e. The van der Waals surface area contributed by atoms with Crippen LogP contribution in [0.2, 0.25) is 0 Å². The molecule has 0 aliphatic carbocycles. The lowest BCUT2D eigenvalue weighted by molar-refractivity contribution is 0.348. The van der Waals surface area contributed by atoms with Gasteiger partial charge in [0, 0.05) is 31.2 Å². The summed E-state index contributed by atoms with van der Waals surface area (Å²) in [4.78, 5) is 4.33. The molecule has 0 unspecified atom stereocenters. The van der Waals surface area contributed by atoms with Crippen molar-refractivity contribution in [2.24, 2.45) is 5.73 Å². The Morgan fingerprint density at radius 2 is 2.11 bits per heavy atom. The van der Waals surface area contributed by atoms with E-state index in [9.17, 15) is 0 Å². The van der Waals surface area contributed by atoms with Gasteiger partial charge < -0.3 is 19.8 Å². The standard InChI is InChI=1S/C13H17N3O2/c1-17-12-3-5-15-11(13(12)18-2)9-16-6-4-10(7-14)8-16/h3-6,8H,7,9,14H2,1-2H3. The van der Waals surface area contributed by atoms with Crippen molar-refractivity contribution in [1.82, 2.24) is 9.55 Å². The van der Waals surface area contributed by atoms with Crippen LogP contribution in [0.1, 0.15) is 11.3 Å². The average Bonchev–Trinajstić information content (AvgIpc) is 2.86. The van der Waals surface area contributed by atoms with Gasteiger partial charge in [-0.15, -0.1) is 0 Å². The molecule has 0 saturated heterocycles. The summed E-state index contributed by atoms with van der Waals surface area (Å²) in [7, 11) is 3.23. The fraction of sp³-hybridized carbons (Fsp3) is 0.308. The Hall–Kier alpha value is -2.01. The maximum Gasteiger partial charge on any atom is 0.184 e. The van der Waals surface area contributed by atoms with E-state index in [1.807, 2.05) is 23.0 Å². The zero-order valence-corrected chi connectivity index (χ0v) is 10.6. The van der Waals surface area contributed by atoms with E-state index in [0.717, 1.165) is 11.3 Å². The summed E-state index contributed by atoms with van der Waals surface area (Å²) in [5, 5.41) is 0. The van der Waals surface area contributed by atoms with Gasteiger partial charge in [-0.25, -0.2) is 0 Å². The van der Waals surface area contributed by atoms with Gasteiger partial charge >= 0.3 is 0 Å². The first-order chi connectivity index (χ1) is 8.78. The number of aromatic nitrogens is 2. The molecule has 0 fully saturated rings. The van der Waals surface area contributed by atoms with Gasteiger partial charge in [0.1, 0.15) is 5.69 Å². The van der Waals surface area contributed by atoms with Crippen molar-refractivity contribution in [2.75, 3.05) is 14.2 Å². The van der Waals surface area contributed by atoms with E-state index in [4.69, 9.17) is 15.2 Å². The van der Waals surface area contributed by atoms with E-state index in [0.29, 0.717) is 24.6 Å². The van der Waals surface area contributed by atoms with Crippen LogP contribution in [0.25, 0.3) is 0 Å². The van der Waals surface area contributed by atoms with Gasteiger partial charge in [-0.05, 0) is 11.6 Å². The van der Waals surface area contributed by atoms with Crippen molar-refractivity contribution in [3.05, 3.63) is 42.0 Å². The maximum absolute atomic E-state index is 5.58. The van der Waals surface area contributed by atoms with Crippen LogP contribution in [0.5, 0.6) is 11.5 Å². The summed E-state index contributed by atoms with van der Waals surface area (Å²) >= 11 is 0. The molecule has 2 rings (SSSR count). The Kier molecular flexibility index (Phi) is 3.84. The average molecular weight is 247 g/mol. The zero-order chi connectivity index (χ0) is 13.0. The summed E-state index contributed by atoms with van der Waals surface area (Å²) in [6, 6.07) is 3.77. The summed E-state index contributed by atoms with van der Waals surface area (Å²) in [6.45, 7) is 1.16. The SMILES string of the molecule is COc1ccnc(Cn2ccc(CN)c2)c1OC. The lowest BCUT2D eigenvalue weighted by Gasteiger charge is -2.11. The Bertz CT molecular complexity index is 523. The topological polar surface area (TPSA) is 62.3 Å². The van der Waals surface area contributed by atoms with Gasteiger partial charge in [0.05, 0.1) is 20.8 Å². The van der Waals surface area contributed by atoms with Crippen molar-refractivity contribution >= 4 is 0 Å². The van der Waals surface area contributed by atoms with Gasteiger partial charge in [-0.3, -0.25) is 4.98 Å². The second-order valence-corrected chi connectivity index (χ2v) is 3.89. The summed E-state index contributed by atoms with van der Waals surface area (Å²) in [5.74, 6) is 1.36. The van der Waals surface area contributed by atoms with Crippen molar-refractivity contribution < 1.29 is 9.47 Å². The molecule has 0 atom stereocenters. The number of rotatable bonds is 5. The van der Waals surface area contributed by atoms with Crippen LogP contribution in [0, 0.1) is 0 Å². The van der Waals surface area contributed by atoms with Crippen LogP contribution >= 0.6 is 0 Å². The monoisotopic (exact) mass is 247 g/mol. The first-order valence-electron chi connectivity index (χ1n) is 5.69. The highest BCUT2D eigenvalue weighted by Crippen LogP contribution is 2.29. The fourth-order valence-electron chi connectivity index (χ4n) is 1.85. The molecule has 2 heterocycles. The lowest BCUT2D eigenvalue weighted by atomic mass is 10.3. The number of methoxy groups -OCH3 is 2. The Morgan fingerprint density at radius 1 is 1.28 bits per heavy atom. The molecule has 5 heteroatoms. The van der Waals surface area contributed by atoms with E-state index in [-0.39, 0.29) is 0 Å². The maximum atomic E-state index is 5.58. The van der Waals surface area contributed by atoms with Crippen LogP contribution in [-0.2, 0) is 13.1 Å². The summed E-state index contributed by atoms with van der Waals surface area (Å²) < 4.78 is 12.6. The molecule has 0 spiro atoms. The third-order valence-corrected chi connectivity index (χ3v) is 2.75. The minimum Gasteiger partial charge on any atom is -0.493 e. The normalized spacial score (nSPS) is 10.4. The van der Waals surface area contributed by atoms with Gasteiger partial charge in [0.25, 0.3) is 0 Å². The second kappa shape index (κ2) is 5.55. The quantitative estimate of drug-likeness (QED) is 0.867. The lowest BCUT2D eigenvalue weighted by Crippen LogP contribution is -2.04. The molecule has 0 saturated carbocycles. The first kappa shape index (κ1) is 12.4. The third kappa shape index (κ3) is 2.46. The van der Waals surface area contributed by atoms with Gasteiger partial charge in [0.15, 0.2) is 11.5 Å². The van der Waals surface area contributed by atoms with E-state index >= 15 is 0 Å².